The summed E-state index contributed by atoms with van der Waals surface area (Å²) in [6.07, 6.45) is 0.514. The number of ether oxygens (including phenoxy) is 1. The first-order valence-electron chi connectivity index (χ1n) is 9.70. The zero-order valence-corrected chi connectivity index (χ0v) is 17.6. The normalized spacial score (nSPS) is 10.9. The highest BCUT2D eigenvalue weighted by atomic mass is 16.5. The second kappa shape index (κ2) is 9.37. The van der Waals surface area contributed by atoms with E-state index in [2.05, 4.69) is 31.4 Å². The lowest BCUT2D eigenvalue weighted by molar-refractivity contribution is -0.134. The Morgan fingerprint density at radius 1 is 0.897 bits per heavy atom. The molecule has 6 nitrogen and oxygen atoms in total. The van der Waals surface area contributed by atoms with Crippen LogP contribution in [0.3, 0.4) is 0 Å². The first kappa shape index (κ1) is 22.1. The molecule has 0 atom stereocenters. The molecule has 154 valence electrons. The van der Waals surface area contributed by atoms with E-state index in [0.29, 0.717) is 23.4 Å². The quantitative estimate of drug-likeness (QED) is 0.537. The Balaban J connectivity index is 2.26. The van der Waals surface area contributed by atoms with Gasteiger partial charge in [0, 0.05) is 30.2 Å². The van der Waals surface area contributed by atoms with Crippen molar-refractivity contribution >= 4 is 29.2 Å². The predicted octanol–water partition coefficient (Wildman–Crippen LogP) is 4.90. The van der Waals surface area contributed by atoms with E-state index in [1.165, 1.54) is 6.07 Å². The molecular formula is C23H28N2O4. The number of hydrogen-bond acceptors (Lipinski definition) is 4. The molecule has 0 aliphatic heterocycles. The fourth-order valence-corrected chi connectivity index (χ4v) is 2.55. The van der Waals surface area contributed by atoms with Gasteiger partial charge in [0.25, 0.3) is 5.91 Å². The number of carbonyl (C=O) groups excluding carboxylic acids is 3. The van der Waals surface area contributed by atoms with Gasteiger partial charge < -0.3 is 15.4 Å². The summed E-state index contributed by atoms with van der Waals surface area (Å²) in [5, 5.41) is 5.49. The molecule has 0 spiro atoms. The summed E-state index contributed by atoms with van der Waals surface area (Å²) in [4.78, 5) is 36.1. The third kappa shape index (κ3) is 6.17. The van der Waals surface area contributed by atoms with Crippen LogP contribution in [-0.2, 0) is 15.0 Å². The van der Waals surface area contributed by atoms with Crippen molar-refractivity contribution < 1.29 is 19.1 Å². The Morgan fingerprint density at radius 2 is 1.55 bits per heavy atom. The van der Waals surface area contributed by atoms with Crippen molar-refractivity contribution in [1.82, 2.24) is 0 Å². The van der Waals surface area contributed by atoms with Crippen LogP contribution in [-0.4, -0.2) is 17.8 Å². The first-order valence-corrected chi connectivity index (χ1v) is 9.70. The van der Waals surface area contributed by atoms with E-state index in [1.54, 1.807) is 38.1 Å². The third-order valence-corrected chi connectivity index (χ3v) is 4.36. The number of rotatable bonds is 6. The van der Waals surface area contributed by atoms with Crippen molar-refractivity contribution in [2.45, 2.75) is 52.9 Å². The molecule has 2 amide bonds. The zero-order chi connectivity index (χ0) is 21.6. The SMILES string of the molecule is CCC(=O)Nc1ccc(NC(=O)c2ccc(C(C)(C)C)cc2)c(OC(=O)CC)c1. The van der Waals surface area contributed by atoms with E-state index in [0.717, 1.165) is 5.56 Å². The maximum atomic E-state index is 12.7. The van der Waals surface area contributed by atoms with Crippen molar-refractivity contribution in [2.24, 2.45) is 0 Å². The molecule has 6 heteroatoms. The van der Waals surface area contributed by atoms with Crippen LogP contribution >= 0.6 is 0 Å². The molecule has 2 rings (SSSR count). The summed E-state index contributed by atoms with van der Waals surface area (Å²) < 4.78 is 5.35. The van der Waals surface area contributed by atoms with Gasteiger partial charge in [-0.3, -0.25) is 14.4 Å². The van der Waals surface area contributed by atoms with Gasteiger partial charge in [-0.1, -0.05) is 46.8 Å². The van der Waals surface area contributed by atoms with Crippen LogP contribution in [0.4, 0.5) is 11.4 Å². The highest BCUT2D eigenvalue weighted by Crippen LogP contribution is 2.30. The molecule has 0 aliphatic rings. The third-order valence-electron chi connectivity index (χ3n) is 4.36. The van der Waals surface area contributed by atoms with Crippen molar-refractivity contribution in [3.8, 4) is 5.75 Å². The molecule has 0 aliphatic carbocycles. The van der Waals surface area contributed by atoms with Gasteiger partial charge in [-0.15, -0.1) is 0 Å². The molecule has 0 bridgehead atoms. The van der Waals surface area contributed by atoms with Crippen LogP contribution in [0.1, 0.15) is 63.4 Å². The minimum atomic E-state index is -0.436. The molecule has 2 N–H and O–H groups in total. The van der Waals surface area contributed by atoms with Crippen LogP contribution in [0.2, 0.25) is 0 Å². The van der Waals surface area contributed by atoms with E-state index < -0.39 is 5.97 Å². The number of esters is 1. The lowest BCUT2D eigenvalue weighted by atomic mass is 9.87. The average molecular weight is 396 g/mol. The Bertz CT molecular complexity index is 896. The Kier molecular flexibility index (Phi) is 7.15. The van der Waals surface area contributed by atoms with Gasteiger partial charge in [-0.05, 0) is 35.2 Å². The van der Waals surface area contributed by atoms with Gasteiger partial charge in [-0.25, -0.2) is 0 Å². The van der Waals surface area contributed by atoms with Gasteiger partial charge in [0.1, 0.15) is 0 Å². The van der Waals surface area contributed by atoms with E-state index in [4.69, 9.17) is 4.74 Å². The smallest absolute Gasteiger partial charge is 0.310 e. The van der Waals surface area contributed by atoms with Gasteiger partial charge in [0.2, 0.25) is 5.91 Å². The summed E-state index contributed by atoms with van der Waals surface area (Å²) in [6, 6.07) is 12.2. The molecule has 0 fully saturated rings. The molecular weight excluding hydrogens is 368 g/mol. The Morgan fingerprint density at radius 3 is 2.10 bits per heavy atom. The maximum absolute atomic E-state index is 12.7. The zero-order valence-electron chi connectivity index (χ0n) is 17.6. The fourth-order valence-electron chi connectivity index (χ4n) is 2.55. The molecule has 0 aromatic heterocycles. The summed E-state index contributed by atoms with van der Waals surface area (Å²) >= 11 is 0. The highest BCUT2D eigenvalue weighted by molar-refractivity contribution is 6.05. The number of carbonyl (C=O) groups is 3. The molecule has 29 heavy (non-hydrogen) atoms. The first-order chi connectivity index (χ1) is 13.6. The summed E-state index contributed by atoms with van der Waals surface area (Å²) in [6.45, 7) is 9.74. The summed E-state index contributed by atoms with van der Waals surface area (Å²) in [7, 11) is 0. The minimum absolute atomic E-state index is 0.00468. The largest absolute Gasteiger partial charge is 0.424 e. The molecule has 0 heterocycles. The number of nitrogens with one attached hydrogen (secondary N) is 2. The number of benzene rings is 2. The Labute approximate surface area is 171 Å². The van der Waals surface area contributed by atoms with Gasteiger partial charge in [0.05, 0.1) is 5.69 Å². The molecule has 0 unspecified atom stereocenters. The highest BCUT2D eigenvalue weighted by Gasteiger charge is 2.16. The lowest BCUT2D eigenvalue weighted by Gasteiger charge is -2.19. The van der Waals surface area contributed by atoms with Gasteiger partial charge >= 0.3 is 5.97 Å². The average Bonchev–Trinajstić information content (AvgIpc) is 2.69. The van der Waals surface area contributed by atoms with E-state index in [9.17, 15) is 14.4 Å². The maximum Gasteiger partial charge on any atom is 0.310 e. The number of amides is 2. The monoisotopic (exact) mass is 396 g/mol. The minimum Gasteiger partial charge on any atom is -0.424 e. The van der Waals surface area contributed by atoms with Crippen molar-refractivity contribution in [3.05, 3.63) is 53.6 Å². The second-order valence-corrected chi connectivity index (χ2v) is 7.72. The van der Waals surface area contributed by atoms with E-state index >= 15 is 0 Å². The fraction of sp³-hybridized carbons (Fsp3) is 0.348. The van der Waals surface area contributed by atoms with Crippen LogP contribution in [0.15, 0.2) is 42.5 Å². The molecule has 2 aromatic rings. The topological polar surface area (TPSA) is 84.5 Å². The molecule has 2 aromatic carbocycles. The van der Waals surface area contributed by atoms with E-state index in [-0.39, 0.29) is 29.4 Å². The van der Waals surface area contributed by atoms with Crippen LogP contribution in [0.5, 0.6) is 5.75 Å². The van der Waals surface area contributed by atoms with Crippen molar-refractivity contribution in [3.63, 3.8) is 0 Å². The van der Waals surface area contributed by atoms with Gasteiger partial charge in [0.15, 0.2) is 5.75 Å². The van der Waals surface area contributed by atoms with Crippen molar-refractivity contribution in [2.75, 3.05) is 10.6 Å². The molecule has 0 saturated heterocycles. The van der Waals surface area contributed by atoms with Crippen molar-refractivity contribution in [1.29, 1.82) is 0 Å². The predicted molar refractivity (Wildman–Crippen MR) is 114 cm³/mol. The second-order valence-electron chi connectivity index (χ2n) is 7.72. The summed E-state index contributed by atoms with van der Waals surface area (Å²) in [5.74, 6) is -0.725. The summed E-state index contributed by atoms with van der Waals surface area (Å²) in [5.41, 5.74) is 2.46. The molecule has 0 radical (unpaired) electrons. The Hall–Kier alpha value is -3.15. The van der Waals surface area contributed by atoms with Gasteiger partial charge in [-0.2, -0.15) is 0 Å². The van der Waals surface area contributed by atoms with E-state index in [1.807, 2.05) is 12.1 Å². The lowest BCUT2D eigenvalue weighted by Crippen LogP contribution is -2.16. The molecule has 0 saturated carbocycles. The van der Waals surface area contributed by atoms with Crippen LogP contribution in [0.25, 0.3) is 0 Å². The standard InChI is InChI=1S/C23H28N2O4/c1-6-20(26)24-17-12-13-18(19(14-17)29-21(27)7-2)25-22(28)15-8-10-16(11-9-15)23(3,4)5/h8-14H,6-7H2,1-5H3,(H,24,26)(H,25,28). The van der Waals surface area contributed by atoms with Crippen LogP contribution in [0, 0.1) is 0 Å². The van der Waals surface area contributed by atoms with Crippen LogP contribution < -0.4 is 15.4 Å². The number of anilines is 2. The number of hydrogen-bond donors (Lipinski definition) is 2.